The van der Waals surface area contributed by atoms with E-state index in [0.717, 1.165) is 30.6 Å². The third kappa shape index (κ3) is 3.48. The van der Waals surface area contributed by atoms with Gasteiger partial charge in [0.25, 0.3) is 0 Å². The minimum Gasteiger partial charge on any atom is -0.486 e. The minimum atomic E-state index is -0.741. The highest BCUT2D eigenvalue weighted by Crippen LogP contribution is 2.34. The van der Waals surface area contributed by atoms with Crippen molar-refractivity contribution in [2.24, 2.45) is 0 Å². The lowest BCUT2D eigenvalue weighted by Crippen LogP contribution is -2.03. The zero-order valence-corrected chi connectivity index (χ0v) is 12.5. The number of carbonyl (C=O) groups is 1. The van der Waals surface area contributed by atoms with Gasteiger partial charge in [-0.1, -0.05) is 36.4 Å². The zero-order valence-electron chi connectivity index (χ0n) is 12.5. The van der Waals surface area contributed by atoms with Gasteiger partial charge in [0.2, 0.25) is 0 Å². The van der Waals surface area contributed by atoms with Gasteiger partial charge in [-0.15, -0.1) is 0 Å². The molecule has 0 spiro atoms. The Labute approximate surface area is 130 Å². The van der Waals surface area contributed by atoms with Crippen molar-refractivity contribution in [2.75, 3.05) is 0 Å². The van der Waals surface area contributed by atoms with Crippen LogP contribution in [0.15, 0.2) is 48.5 Å². The molecule has 114 valence electrons. The summed E-state index contributed by atoms with van der Waals surface area (Å²) < 4.78 is 6.15. The second-order valence-corrected chi connectivity index (χ2v) is 5.74. The maximum Gasteiger partial charge on any atom is 0.303 e. The third-order valence-corrected chi connectivity index (χ3v) is 4.11. The molecule has 3 rings (SSSR count). The Kier molecular flexibility index (Phi) is 4.42. The molecule has 2 aromatic carbocycles. The molecule has 0 fully saturated rings. The molecular formula is C19H20O3. The second-order valence-electron chi connectivity index (χ2n) is 5.74. The first-order valence-electron chi connectivity index (χ1n) is 7.77. The summed E-state index contributed by atoms with van der Waals surface area (Å²) in [5, 5.41) is 8.70. The Morgan fingerprint density at radius 3 is 2.91 bits per heavy atom. The molecule has 3 heteroatoms. The molecule has 1 atom stereocenters. The number of hydrogen-bond acceptors (Lipinski definition) is 2. The van der Waals surface area contributed by atoms with Crippen molar-refractivity contribution in [3.8, 4) is 5.75 Å². The van der Waals surface area contributed by atoms with Crippen LogP contribution in [0, 0.1) is 0 Å². The van der Waals surface area contributed by atoms with Gasteiger partial charge in [0, 0.05) is 6.42 Å². The first-order valence-corrected chi connectivity index (χ1v) is 7.77. The van der Waals surface area contributed by atoms with E-state index in [1.807, 2.05) is 24.3 Å². The summed E-state index contributed by atoms with van der Waals surface area (Å²) in [4.78, 5) is 10.6. The minimum absolute atomic E-state index is 0.130. The quantitative estimate of drug-likeness (QED) is 0.870. The molecule has 22 heavy (non-hydrogen) atoms. The average Bonchev–Trinajstić information content (AvgIpc) is 2.91. The van der Waals surface area contributed by atoms with Crippen molar-refractivity contribution in [1.82, 2.24) is 0 Å². The fraction of sp³-hybridized carbons (Fsp3) is 0.316. The SMILES string of the molecule is O=C(O)CCCc1cccc(OC2CCc3ccccc32)c1. The Morgan fingerprint density at radius 2 is 2.05 bits per heavy atom. The van der Waals surface area contributed by atoms with Crippen LogP contribution in [0.4, 0.5) is 0 Å². The van der Waals surface area contributed by atoms with Crippen LogP contribution in [-0.2, 0) is 17.6 Å². The number of aryl methyl sites for hydroxylation is 2. The fourth-order valence-corrected chi connectivity index (χ4v) is 3.02. The molecule has 1 N–H and O–H groups in total. The van der Waals surface area contributed by atoms with E-state index in [4.69, 9.17) is 9.84 Å². The van der Waals surface area contributed by atoms with Crippen molar-refractivity contribution in [3.63, 3.8) is 0 Å². The topological polar surface area (TPSA) is 46.5 Å². The van der Waals surface area contributed by atoms with E-state index in [2.05, 4.69) is 24.3 Å². The van der Waals surface area contributed by atoms with Gasteiger partial charge < -0.3 is 9.84 Å². The van der Waals surface area contributed by atoms with Crippen LogP contribution < -0.4 is 4.74 Å². The van der Waals surface area contributed by atoms with E-state index in [9.17, 15) is 4.79 Å². The van der Waals surface area contributed by atoms with E-state index < -0.39 is 5.97 Å². The summed E-state index contributed by atoms with van der Waals surface area (Å²) >= 11 is 0. The van der Waals surface area contributed by atoms with Gasteiger partial charge in [0.1, 0.15) is 11.9 Å². The van der Waals surface area contributed by atoms with Crippen LogP contribution >= 0.6 is 0 Å². The van der Waals surface area contributed by atoms with E-state index in [0.29, 0.717) is 6.42 Å². The van der Waals surface area contributed by atoms with Crippen LogP contribution in [-0.4, -0.2) is 11.1 Å². The smallest absolute Gasteiger partial charge is 0.303 e. The van der Waals surface area contributed by atoms with E-state index >= 15 is 0 Å². The molecule has 0 aromatic heterocycles. The monoisotopic (exact) mass is 296 g/mol. The van der Waals surface area contributed by atoms with Crippen molar-refractivity contribution < 1.29 is 14.6 Å². The highest BCUT2D eigenvalue weighted by molar-refractivity contribution is 5.66. The molecule has 2 aromatic rings. The molecule has 3 nitrogen and oxygen atoms in total. The number of benzene rings is 2. The Bertz CT molecular complexity index is 663. The number of fused-ring (bicyclic) bond motifs is 1. The predicted octanol–water partition coefficient (Wildman–Crippen LogP) is 4.16. The van der Waals surface area contributed by atoms with Gasteiger partial charge in [0.15, 0.2) is 0 Å². The van der Waals surface area contributed by atoms with Gasteiger partial charge in [-0.25, -0.2) is 0 Å². The number of hydrogen-bond donors (Lipinski definition) is 1. The molecular weight excluding hydrogens is 276 g/mol. The Hall–Kier alpha value is -2.29. The highest BCUT2D eigenvalue weighted by Gasteiger charge is 2.23. The molecule has 1 aliphatic carbocycles. The molecule has 0 bridgehead atoms. The maximum atomic E-state index is 10.6. The fourth-order valence-electron chi connectivity index (χ4n) is 3.02. The maximum absolute atomic E-state index is 10.6. The normalized spacial score (nSPS) is 16.3. The largest absolute Gasteiger partial charge is 0.486 e. The Balaban J connectivity index is 1.65. The summed E-state index contributed by atoms with van der Waals surface area (Å²) in [5.74, 6) is 0.129. The molecule has 0 amide bonds. The molecule has 0 heterocycles. The number of carboxylic acids is 1. The standard InChI is InChI=1S/C19H20O3/c20-19(21)10-4-6-14-5-3-8-16(13-14)22-18-12-11-15-7-1-2-9-17(15)18/h1-3,5,7-9,13,18H,4,6,10-12H2,(H,20,21). The first-order chi connectivity index (χ1) is 10.7. The van der Waals surface area contributed by atoms with Gasteiger partial charge >= 0.3 is 5.97 Å². The average molecular weight is 296 g/mol. The number of aliphatic carboxylic acids is 1. The van der Waals surface area contributed by atoms with Crippen LogP contribution in [0.25, 0.3) is 0 Å². The first kappa shape index (κ1) is 14.6. The number of carboxylic acid groups (broad SMARTS) is 1. The van der Waals surface area contributed by atoms with Gasteiger partial charge in [-0.05, 0) is 54.5 Å². The number of rotatable bonds is 6. The third-order valence-electron chi connectivity index (χ3n) is 4.11. The highest BCUT2D eigenvalue weighted by atomic mass is 16.5. The second kappa shape index (κ2) is 6.65. The predicted molar refractivity (Wildman–Crippen MR) is 85.1 cm³/mol. The molecule has 0 saturated heterocycles. The molecule has 0 aliphatic heterocycles. The van der Waals surface area contributed by atoms with Crippen LogP contribution in [0.5, 0.6) is 5.75 Å². The van der Waals surface area contributed by atoms with Crippen LogP contribution in [0.3, 0.4) is 0 Å². The lowest BCUT2D eigenvalue weighted by molar-refractivity contribution is -0.137. The van der Waals surface area contributed by atoms with Gasteiger partial charge in [-0.3, -0.25) is 4.79 Å². The van der Waals surface area contributed by atoms with Crippen LogP contribution in [0.2, 0.25) is 0 Å². The summed E-state index contributed by atoms with van der Waals surface area (Å²) in [6, 6.07) is 16.5. The molecule has 0 radical (unpaired) electrons. The summed E-state index contributed by atoms with van der Waals surface area (Å²) in [5.41, 5.74) is 3.80. The summed E-state index contributed by atoms with van der Waals surface area (Å²) in [6.07, 6.45) is 3.85. The molecule has 0 saturated carbocycles. The van der Waals surface area contributed by atoms with Gasteiger partial charge in [0.05, 0.1) is 0 Å². The van der Waals surface area contributed by atoms with Crippen molar-refractivity contribution in [3.05, 3.63) is 65.2 Å². The van der Waals surface area contributed by atoms with Crippen molar-refractivity contribution in [1.29, 1.82) is 0 Å². The summed E-state index contributed by atoms with van der Waals surface area (Å²) in [6.45, 7) is 0. The van der Waals surface area contributed by atoms with E-state index in [1.54, 1.807) is 0 Å². The lowest BCUT2D eigenvalue weighted by atomic mass is 10.1. The molecule has 1 aliphatic rings. The Morgan fingerprint density at radius 1 is 1.18 bits per heavy atom. The van der Waals surface area contributed by atoms with Crippen molar-refractivity contribution >= 4 is 5.97 Å². The van der Waals surface area contributed by atoms with E-state index in [-0.39, 0.29) is 12.5 Å². The summed E-state index contributed by atoms with van der Waals surface area (Å²) in [7, 11) is 0. The van der Waals surface area contributed by atoms with Gasteiger partial charge in [-0.2, -0.15) is 0 Å². The lowest BCUT2D eigenvalue weighted by Gasteiger charge is -2.15. The van der Waals surface area contributed by atoms with E-state index in [1.165, 1.54) is 11.1 Å². The van der Waals surface area contributed by atoms with Crippen molar-refractivity contribution in [2.45, 2.75) is 38.2 Å². The molecule has 1 unspecified atom stereocenters. The number of ether oxygens (including phenoxy) is 1. The zero-order chi connectivity index (χ0) is 15.4. The van der Waals surface area contributed by atoms with Crippen LogP contribution in [0.1, 0.15) is 42.1 Å².